The molecule has 0 spiro atoms. The van der Waals surface area contributed by atoms with Crippen molar-refractivity contribution in [1.29, 1.82) is 0 Å². The Morgan fingerprint density at radius 2 is 2.23 bits per heavy atom. The first-order valence-electron chi connectivity index (χ1n) is 4.76. The van der Waals surface area contributed by atoms with Crippen LogP contribution in [-0.4, -0.2) is 31.4 Å². The summed E-state index contributed by atoms with van der Waals surface area (Å²) in [5.74, 6) is 0.684. The van der Waals surface area contributed by atoms with E-state index in [0.29, 0.717) is 18.7 Å². The molecule has 0 aliphatic carbocycles. The molecule has 0 saturated carbocycles. The van der Waals surface area contributed by atoms with E-state index in [2.05, 4.69) is 24.9 Å². The lowest BCUT2D eigenvalue weighted by molar-refractivity contribution is -0.120. The molecule has 0 aliphatic rings. The Labute approximate surface area is 85.6 Å². The topological polar surface area (TPSA) is 38.3 Å². The summed E-state index contributed by atoms with van der Waals surface area (Å²) in [6.07, 6.45) is 2.43. The molecule has 0 rings (SSSR count). The van der Waals surface area contributed by atoms with Gasteiger partial charge in [-0.25, -0.2) is 0 Å². The number of hydrogen-bond donors (Lipinski definition) is 2. The molecule has 0 unspecified atom stereocenters. The van der Waals surface area contributed by atoms with E-state index in [9.17, 15) is 4.79 Å². The Morgan fingerprint density at radius 1 is 1.46 bits per heavy atom. The molecule has 78 valence electrons. The fourth-order valence-electron chi connectivity index (χ4n) is 0.838. The van der Waals surface area contributed by atoms with Crippen molar-refractivity contribution in [2.45, 2.75) is 26.2 Å². The smallest absolute Gasteiger partial charge is 0.220 e. The van der Waals surface area contributed by atoms with Gasteiger partial charge in [0.1, 0.15) is 0 Å². The van der Waals surface area contributed by atoms with E-state index in [4.69, 9.17) is 4.74 Å². The van der Waals surface area contributed by atoms with Crippen LogP contribution in [0.25, 0.3) is 0 Å². The highest BCUT2D eigenvalue weighted by molar-refractivity contribution is 7.80. The average molecular weight is 205 g/mol. The number of ether oxygens (including phenoxy) is 1. The molecule has 0 aromatic rings. The van der Waals surface area contributed by atoms with Crippen LogP contribution in [-0.2, 0) is 9.53 Å². The highest BCUT2D eigenvalue weighted by atomic mass is 32.1. The summed E-state index contributed by atoms with van der Waals surface area (Å²) >= 11 is 3.97. The van der Waals surface area contributed by atoms with Crippen molar-refractivity contribution in [1.82, 2.24) is 5.32 Å². The first-order chi connectivity index (χ1) is 6.31. The number of amides is 1. The predicted octanol–water partition coefficient (Wildman–Crippen LogP) is 1.24. The van der Waals surface area contributed by atoms with Crippen LogP contribution in [0.2, 0.25) is 0 Å². The van der Waals surface area contributed by atoms with E-state index in [1.165, 1.54) is 0 Å². The molecule has 13 heavy (non-hydrogen) atoms. The number of rotatable bonds is 8. The summed E-state index contributed by atoms with van der Waals surface area (Å²) in [4.78, 5) is 10.9. The van der Waals surface area contributed by atoms with Gasteiger partial charge >= 0.3 is 0 Å². The molecule has 0 aromatic heterocycles. The standard InChI is InChI=1S/C9H19NO2S/c1-2-6-12-7-3-5-10-9(11)4-8-13/h13H,2-8H2,1H3,(H,10,11). The molecule has 0 radical (unpaired) electrons. The van der Waals surface area contributed by atoms with Gasteiger partial charge in [-0.1, -0.05) is 6.92 Å². The third-order valence-electron chi connectivity index (χ3n) is 1.47. The van der Waals surface area contributed by atoms with Crippen molar-refractivity contribution in [3.63, 3.8) is 0 Å². The Bertz CT molecular complexity index is 131. The van der Waals surface area contributed by atoms with Crippen molar-refractivity contribution in [2.75, 3.05) is 25.5 Å². The summed E-state index contributed by atoms with van der Waals surface area (Å²) in [6, 6.07) is 0. The molecule has 0 saturated heterocycles. The van der Waals surface area contributed by atoms with Crippen molar-refractivity contribution in [3.05, 3.63) is 0 Å². The summed E-state index contributed by atoms with van der Waals surface area (Å²) in [7, 11) is 0. The molecule has 4 heteroatoms. The maximum atomic E-state index is 10.9. The van der Waals surface area contributed by atoms with Crippen molar-refractivity contribution >= 4 is 18.5 Å². The zero-order valence-corrected chi connectivity index (χ0v) is 9.11. The van der Waals surface area contributed by atoms with Gasteiger partial charge in [0.2, 0.25) is 5.91 Å². The maximum absolute atomic E-state index is 10.9. The zero-order chi connectivity index (χ0) is 9.94. The lowest BCUT2D eigenvalue weighted by atomic mass is 10.4. The lowest BCUT2D eigenvalue weighted by Gasteiger charge is -2.04. The molecule has 0 heterocycles. The largest absolute Gasteiger partial charge is 0.381 e. The third kappa shape index (κ3) is 9.70. The molecular weight excluding hydrogens is 186 g/mol. The van der Waals surface area contributed by atoms with E-state index in [-0.39, 0.29) is 5.91 Å². The zero-order valence-electron chi connectivity index (χ0n) is 8.21. The van der Waals surface area contributed by atoms with Crippen LogP contribution in [0.3, 0.4) is 0 Å². The Balaban J connectivity index is 3.02. The van der Waals surface area contributed by atoms with Crippen LogP contribution < -0.4 is 5.32 Å². The first kappa shape index (κ1) is 12.8. The van der Waals surface area contributed by atoms with Gasteiger partial charge in [0.15, 0.2) is 0 Å². The molecule has 0 fully saturated rings. The van der Waals surface area contributed by atoms with Gasteiger partial charge in [0.05, 0.1) is 0 Å². The van der Waals surface area contributed by atoms with E-state index in [1.807, 2.05) is 0 Å². The predicted molar refractivity (Wildman–Crippen MR) is 57.2 cm³/mol. The molecule has 0 bridgehead atoms. The van der Waals surface area contributed by atoms with Crippen LogP contribution >= 0.6 is 12.6 Å². The second-order valence-corrected chi connectivity index (χ2v) is 3.24. The summed E-state index contributed by atoms with van der Waals surface area (Å²) < 4.78 is 5.26. The van der Waals surface area contributed by atoms with Gasteiger partial charge in [-0.3, -0.25) is 4.79 Å². The van der Waals surface area contributed by atoms with E-state index in [1.54, 1.807) is 0 Å². The Morgan fingerprint density at radius 3 is 2.85 bits per heavy atom. The van der Waals surface area contributed by atoms with Crippen LogP contribution in [0, 0.1) is 0 Å². The van der Waals surface area contributed by atoms with Crippen molar-refractivity contribution in [2.24, 2.45) is 0 Å². The SMILES string of the molecule is CCCOCCCNC(=O)CCS. The van der Waals surface area contributed by atoms with Crippen LogP contribution in [0.1, 0.15) is 26.2 Å². The number of carbonyl (C=O) groups excluding carboxylic acids is 1. The summed E-state index contributed by atoms with van der Waals surface area (Å²) in [5, 5.41) is 2.79. The minimum atomic E-state index is 0.0745. The minimum absolute atomic E-state index is 0.0745. The fourth-order valence-corrected chi connectivity index (χ4v) is 1.04. The summed E-state index contributed by atoms with van der Waals surface area (Å²) in [5.41, 5.74) is 0. The summed E-state index contributed by atoms with van der Waals surface area (Å²) in [6.45, 7) is 4.32. The second kappa shape index (κ2) is 9.86. The minimum Gasteiger partial charge on any atom is -0.381 e. The van der Waals surface area contributed by atoms with Crippen LogP contribution in [0.5, 0.6) is 0 Å². The van der Waals surface area contributed by atoms with Gasteiger partial charge in [-0.05, 0) is 18.6 Å². The Kier molecular flexibility index (Phi) is 9.70. The van der Waals surface area contributed by atoms with Gasteiger partial charge < -0.3 is 10.1 Å². The van der Waals surface area contributed by atoms with Gasteiger partial charge in [-0.15, -0.1) is 0 Å². The fraction of sp³-hybridized carbons (Fsp3) is 0.889. The monoisotopic (exact) mass is 205 g/mol. The Hall–Kier alpha value is -0.220. The molecular formula is C9H19NO2S. The normalized spacial score (nSPS) is 10.0. The first-order valence-corrected chi connectivity index (χ1v) is 5.39. The molecule has 0 aliphatic heterocycles. The number of hydrogen-bond acceptors (Lipinski definition) is 3. The highest BCUT2D eigenvalue weighted by Crippen LogP contribution is 1.86. The third-order valence-corrected chi connectivity index (χ3v) is 1.70. The molecule has 0 aromatic carbocycles. The van der Waals surface area contributed by atoms with Gasteiger partial charge in [0.25, 0.3) is 0 Å². The van der Waals surface area contributed by atoms with Crippen molar-refractivity contribution in [3.8, 4) is 0 Å². The van der Waals surface area contributed by atoms with Crippen molar-refractivity contribution < 1.29 is 9.53 Å². The van der Waals surface area contributed by atoms with E-state index < -0.39 is 0 Å². The van der Waals surface area contributed by atoms with Crippen LogP contribution in [0.4, 0.5) is 0 Å². The molecule has 1 amide bonds. The number of thiol groups is 1. The van der Waals surface area contributed by atoms with E-state index in [0.717, 1.165) is 26.1 Å². The van der Waals surface area contributed by atoms with Gasteiger partial charge in [0, 0.05) is 26.2 Å². The van der Waals surface area contributed by atoms with Crippen LogP contribution in [0.15, 0.2) is 0 Å². The maximum Gasteiger partial charge on any atom is 0.220 e. The highest BCUT2D eigenvalue weighted by Gasteiger charge is 1.97. The van der Waals surface area contributed by atoms with Gasteiger partial charge in [-0.2, -0.15) is 12.6 Å². The lowest BCUT2D eigenvalue weighted by Crippen LogP contribution is -2.25. The number of carbonyl (C=O) groups is 1. The molecule has 3 nitrogen and oxygen atoms in total. The molecule has 0 atom stereocenters. The molecule has 1 N–H and O–H groups in total. The quantitative estimate of drug-likeness (QED) is 0.462. The van der Waals surface area contributed by atoms with E-state index >= 15 is 0 Å². The second-order valence-electron chi connectivity index (χ2n) is 2.79. The average Bonchev–Trinajstić information content (AvgIpc) is 2.11. The number of nitrogens with one attached hydrogen (secondary N) is 1.